The Balaban J connectivity index is -0.000000802. The predicted molar refractivity (Wildman–Crippen MR) is 577 cm³/mol. The molecule has 0 fully saturated rings. The van der Waals surface area contributed by atoms with Crippen LogP contribution in [0.1, 0.15) is 184 Å². The zero-order valence-electron chi connectivity index (χ0n) is 80.8. The lowest BCUT2D eigenvalue weighted by Crippen LogP contribution is -2.35. The summed E-state index contributed by atoms with van der Waals surface area (Å²) in [6.07, 6.45) is 15.7. The molecule has 0 atom stereocenters. The molecule has 0 aliphatic heterocycles. The quantitative estimate of drug-likeness (QED) is 0.0248. The first-order valence-electron chi connectivity index (χ1n) is 46.0. The summed E-state index contributed by atoms with van der Waals surface area (Å²) in [7, 11) is 40.8. The number of hydrogen-bond acceptors (Lipinski definition) is 42. The monoisotopic (exact) mass is 2120 g/mol. The van der Waals surface area contributed by atoms with E-state index in [0.717, 1.165) is 215 Å². The summed E-state index contributed by atoms with van der Waals surface area (Å²) in [6, 6.07) is 0. The van der Waals surface area contributed by atoms with E-state index < -0.39 is 0 Å². The Morgan fingerprint density at radius 3 is 0.438 bits per heavy atom. The Kier molecular flexibility index (Phi) is 116. The minimum absolute atomic E-state index is 0.0475. The fraction of sp³-hybridized carbons (Fsp3) is 0.907. The van der Waals surface area contributed by atoms with E-state index in [-0.39, 0.29) is 73.8 Å². The summed E-state index contributed by atoms with van der Waals surface area (Å²) in [5.41, 5.74) is 0. The van der Waals surface area contributed by atoms with Crippen molar-refractivity contribution in [3.63, 3.8) is 0 Å². The van der Waals surface area contributed by atoms with Crippen molar-refractivity contribution in [1.82, 2.24) is 39.2 Å². The number of ether oxygens (including phenoxy) is 8. The summed E-state index contributed by atoms with van der Waals surface area (Å²) in [6.45, 7) is 33.6. The Morgan fingerprint density at radius 1 is 0.188 bits per heavy atom. The average molecular weight is 2120 g/mol. The molecule has 0 aromatic carbocycles. The number of rotatable bonds is 92. The molecule has 0 rings (SSSR count). The van der Waals surface area contributed by atoms with Gasteiger partial charge in [-0.05, 0) is 172 Å². The SMILES string of the molecule is CCCSSCCOC(=O)CCN(CCCN(C)C)CCC(=O)OCCSSCCC.CCCSSCCOC(=O)CCN(CCCN(C)C)CCC(=O)OCCSSCCC.CCCSSCCOC(=O)CCN(CCCN(C)C)CCC(=O)OCCSSCCC.CCCSSCCOC(=O)CCN(CCCN(CCO)CCO)CCC(=O)OCCSSCCC. The number of aliphatic hydroxyl groups excluding tert-OH is 2. The summed E-state index contributed by atoms with van der Waals surface area (Å²) in [5, 5.41) is 18.4. The molecule has 0 aromatic heterocycles. The van der Waals surface area contributed by atoms with E-state index in [1.165, 1.54) is 0 Å². The lowest BCUT2D eigenvalue weighted by molar-refractivity contribution is -0.145. The third kappa shape index (κ3) is 111. The number of hydrogen-bond donors (Lipinski definition) is 2. The van der Waals surface area contributed by atoms with Crippen LogP contribution in [0.3, 0.4) is 0 Å². The van der Waals surface area contributed by atoms with Crippen LogP contribution in [0, 0.1) is 0 Å². The normalized spacial score (nSPS) is 11.3. The Labute approximate surface area is 840 Å². The summed E-state index contributed by atoms with van der Waals surface area (Å²) < 4.78 is 42.7. The van der Waals surface area contributed by atoms with Crippen molar-refractivity contribution in [2.45, 2.75) is 184 Å². The summed E-state index contributed by atoms with van der Waals surface area (Å²) >= 11 is 0. The third-order valence-electron chi connectivity index (χ3n) is 16.5. The number of aliphatic hydroxyl groups is 2. The van der Waals surface area contributed by atoms with Crippen molar-refractivity contribution in [3.05, 3.63) is 0 Å². The van der Waals surface area contributed by atoms with Crippen molar-refractivity contribution >= 4 is 220 Å². The van der Waals surface area contributed by atoms with E-state index >= 15 is 0 Å². The Bertz CT molecular complexity index is 2170. The first kappa shape index (κ1) is 135. The Morgan fingerprint density at radius 2 is 0.312 bits per heavy atom. The molecule has 0 saturated carbocycles. The standard InChI is InChI=1S/C23H46N2O6S4.3C21H42N2O4S4/c1-3-18-32-34-20-16-30-22(28)6-10-24(8-5-9-25(12-14-26)13-15-27)11-7-23(29)31-17-21-35-33-19-4-2;3*1-5-16-28-30-18-14-26-20(24)8-12-23(11-7-10-22(3)4)13-9-21(25)27-15-19-31-29-17-6-2/h26-27H,3-21H2,1-2H3;3*5-19H2,1-4H3. The average Bonchev–Trinajstić information content (AvgIpc) is 0.969. The fourth-order valence-corrected chi connectivity index (χ4v) is 25.7. The van der Waals surface area contributed by atoms with Crippen molar-refractivity contribution in [2.24, 2.45) is 0 Å². The number of esters is 8. The van der Waals surface area contributed by atoms with Crippen LogP contribution in [-0.2, 0) is 76.3 Å². The second-order valence-electron chi connectivity index (χ2n) is 29.4. The van der Waals surface area contributed by atoms with Gasteiger partial charge in [-0.3, -0.25) is 43.3 Å². The molecule has 0 bridgehead atoms. The van der Waals surface area contributed by atoms with Gasteiger partial charge in [0.1, 0.15) is 52.9 Å². The molecule has 0 saturated heterocycles. The van der Waals surface area contributed by atoms with Crippen LogP contribution in [-0.4, -0.2) is 415 Å². The Hall–Kier alpha value is 0.960. The van der Waals surface area contributed by atoms with Crippen molar-refractivity contribution in [2.75, 3.05) is 318 Å². The molecule has 2 N–H and O–H groups in total. The zero-order valence-corrected chi connectivity index (χ0v) is 93.9. The molecular formula is C86H172N8O18S16. The van der Waals surface area contributed by atoms with Crippen LogP contribution in [0.15, 0.2) is 0 Å². The van der Waals surface area contributed by atoms with Crippen LogP contribution in [0.4, 0.5) is 0 Å². The minimum Gasteiger partial charge on any atom is -0.465 e. The van der Waals surface area contributed by atoms with Crippen LogP contribution >= 0.6 is 173 Å². The second kappa shape index (κ2) is 110. The molecule has 0 aromatic rings. The highest BCUT2D eigenvalue weighted by atomic mass is 33.1. The second-order valence-corrected chi connectivity index (χ2v) is 51.0. The predicted octanol–water partition coefficient (Wildman–Crippen LogP) is 17.5. The molecule has 0 amide bonds. The first-order chi connectivity index (χ1) is 62.0. The molecule has 26 nitrogen and oxygen atoms in total. The lowest BCUT2D eigenvalue weighted by Gasteiger charge is -2.24. The van der Waals surface area contributed by atoms with Gasteiger partial charge in [0.05, 0.1) is 64.6 Å². The zero-order chi connectivity index (χ0) is 95.5. The van der Waals surface area contributed by atoms with E-state index in [2.05, 4.69) is 89.7 Å². The van der Waals surface area contributed by atoms with Gasteiger partial charge in [0.25, 0.3) is 0 Å². The highest BCUT2D eigenvalue weighted by Gasteiger charge is 2.19. The minimum atomic E-state index is -0.220. The van der Waals surface area contributed by atoms with Gasteiger partial charge in [0.15, 0.2) is 0 Å². The van der Waals surface area contributed by atoms with Crippen LogP contribution < -0.4 is 0 Å². The number of carbonyl (C=O) groups excluding carboxylic acids is 8. The summed E-state index contributed by atoms with van der Waals surface area (Å²) in [4.78, 5) is 114. The van der Waals surface area contributed by atoms with E-state index in [9.17, 15) is 48.6 Å². The smallest absolute Gasteiger partial charge is 0.307 e. The highest BCUT2D eigenvalue weighted by molar-refractivity contribution is 8.78. The van der Waals surface area contributed by atoms with E-state index in [4.69, 9.17) is 37.9 Å². The van der Waals surface area contributed by atoms with Gasteiger partial charge >= 0.3 is 47.8 Å². The van der Waals surface area contributed by atoms with E-state index in [0.29, 0.717) is 163 Å². The largest absolute Gasteiger partial charge is 0.465 e. The van der Waals surface area contributed by atoms with Gasteiger partial charge in [-0.25, -0.2) is 0 Å². The van der Waals surface area contributed by atoms with Crippen molar-refractivity contribution in [1.29, 1.82) is 0 Å². The molecule has 42 heteroatoms. The molecule has 0 radical (unpaired) electrons. The number of carbonyl (C=O) groups is 8. The molecule has 0 unspecified atom stereocenters. The van der Waals surface area contributed by atoms with Gasteiger partial charge < -0.3 is 82.4 Å². The molecule has 0 spiro atoms. The lowest BCUT2D eigenvalue weighted by atomic mass is 10.3. The van der Waals surface area contributed by atoms with Crippen LogP contribution in [0.2, 0.25) is 0 Å². The first-order valence-corrected chi connectivity index (χ1v) is 65.9. The fourth-order valence-electron chi connectivity index (χ4n) is 10.0. The van der Waals surface area contributed by atoms with Gasteiger partial charge in [-0.15, -0.1) is 0 Å². The topological polar surface area (TPSA) is 277 Å². The van der Waals surface area contributed by atoms with E-state index in [1.807, 2.05) is 112 Å². The maximum atomic E-state index is 12.2. The third-order valence-corrected chi connectivity index (χ3v) is 37.1. The van der Waals surface area contributed by atoms with Crippen LogP contribution in [0.5, 0.6) is 0 Å². The van der Waals surface area contributed by atoms with Gasteiger partial charge in [-0.2, -0.15) is 0 Å². The van der Waals surface area contributed by atoms with Crippen molar-refractivity contribution < 1.29 is 86.5 Å². The summed E-state index contributed by atoms with van der Waals surface area (Å²) in [5.74, 6) is 14.0. The molecule has 760 valence electrons. The molecular weight excluding hydrogens is 1950 g/mol. The van der Waals surface area contributed by atoms with Crippen LogP contribution in [0.25, 0.3) is 0 Å². The molecule has 0 aliphatic rings. The van der Waals surface area contributed by atoms with Gasteiger partial charge in [0.2, 0.25) is 0 Å². The highest BCUT2D eigenvalue weighted by Crippen LogP contribution is 2.27. The van der Waals surface area contributed by atoms with Crippen molar-refractivity contribution in [3.8, 4) is 0 Å². The maximum Gasteiger partial charge on any atom is 0.307 e. The number of nitrogens with zero attached hydrogens (tertiary/aromatic N) is 8. The molecule has 128 heavy (non-hydrogen) atoms. The molecule has 0 aliphatic carbocycles. The van der Waals surface area contributed by atoms with Gasteiger partial charge in [-0.1, -0.05) is 228 Å². The van der Waals surface area contributed by atoms with E-state index in [1.54, 1.807) is 108 Å². The molecule has 0 heterocycles. The van der Waals surface area contributed by atoms with Gasteiger partial charge in [0, 0.05) is 157 Å². The maximum absolute atomic E-state index is 12.2.